The second-order valence-corrected chi connectivity index (χ2v) is 6.03. The standard InChI is InChI=1S/C16H30N6O/c1-3-6-13(8-10-23)11-18-16(17-4-2)19-12-15-21-20-14-7-5-9-22(14)15/h13,23H,3-12H2,1-2H3,(H2,17,18,19). The molecule has 1 aliphatic heterocycles. The highest BCUT2D eigenvalue weighted by atomic mass is 16.3. The molecule has 1 aromatic rings. The topological polar surface area (TPSA) is 87.4 Å². The van der Waals surface area contributed by atoms with E-state index in [0.717, 1.165) is 69.3 Å². The first-order valence-corrected chi connectivity index (χ1v) is 8.82. The Labute approximate surface area is 138 Å². The van der Waals surface area contributed by atoms with Crippen molar-refractivity contribution in [3.8, 4) is 0 Å². The molecule has 0 amide bonds. The van der Waals surface area contributed by atoms with Gasteiger partial charge in [-0.3, -0.25) is 0 Å². The Morgan fingerprint density at radius 3 is 2.91 bits per heavy atom. The van der Waals surface area contributed by atoms with Crippen molar-refractivity contribution < 1.29 is 5.11 Å². The van der Waals surface area contributed by atoms with Crippen LogP contribution >= 0.6 is 0 Å². The SMILES string of the molecule is CCCC(CCO)CNC(=NCc1nnc2n1CCC2)NCC. The van der Waals surface area contributed by atoms with Crippen LogP contribution in [0.4, 0.5) is 0 Å². The minimum Gasteiger partial charge on any atom is -0.396 e. The summed E-state index contributed by atoms with van der Waals surface area (Å²) < 4.78 is 2.18. The van der Waals surface area contributed by atoms with Crippen LogP contribution in [0, 0.1) is 5.92 Å². The Balaban J connectivity index is 1.91. The molecule has 0 saturated heterocycles. The summed E-state index contributed by atoms with van der Waals surface area (Å²) in [5, 5.41) is 24.3. The molecule has 1 aliphatic rings. The molecule has 23 heavy (non-hydrogen) atoms. The lowest BCUT2D eigenvalue weighted by molar-refractivity contribution is 0.251. The zero-order chi connectivity index (χ0) is 16.5. The lowest BCUT2D eigenvalue weighted by atomic mass is 10.0. The van der Waals surface area contributed by atoms with Gasteiger partial charge < -0.3 is 20.3 Å². The van der Waals surface area contributed by atoms with Gasteiger partial charge in [-0.25, -0.2) is 4.99 Å². The van der Waals surface area contributed by atoms with Gasteiger partial charge in [0, 0.05) is 32.7 Å². The lowest BCUT2D eigenvalue weighted by Gasteiger charge is -2.18. The Morgan fingerprint density at radius 1 is 1.30 bits per heavy atom. The summed E-state index contributed by atoms with van der Waals surface area (Å²) in [5.41, 5.74) is 0. The average molecular weight is 322 g/mol. The van der Waals surface area contributed by atoms with Gasteiger partial charge in [-0.05, 0) is 32.1 Å². The maximum Gasteiger partial charge on any atom is 0.191 e. The van der Waals surface area contributed by atoms with Gasteiger partial charge in [-0.15, -0.1) is 10.2 Å². The molecule has 1 aromatic heterocycles. The maximum atomic E-state index is 9.16. The normalized spacial score (nSPS) is 15.5. The van der Waals surface area contributed by atoms with E-state index in [1.807, 2.05) is 0 Å². The molecule has 3 N–H and O–H groups in total. The summed E-state index contributed by atoms with van der Waals surface area (Å²) in [6.45, 7) is 7.68. The molecule has 7 nitrogen and oxygen atoms in total. The molecule has 130 valence electrons. The van der Waals surface area contributed by atoms with Crippen molar-refractivity contribution in [1.29, 1.82) is 0 Å². The average Bonchev–Trinajstić information content (AvgIpc) is 3.14. The van der Waals surface area contributed by atoms with Crippen molar-refractivity contribution in [1.82, 2.24) is 25.4 Å². The number of nitrogens with one attached hydrogen (secondary N) is 2. The van der Waals surface area contributed by atoms with E-state index >= 15 is 0 Å². The smallest absolute Gasteiger partial charge is 0.191 e. The second kappa shape index (κ2) is 9.50. The van der Waals surface area contributed by atoms with Crippen LogP contribution in [0.1, 0.15) is 51.2 Å². The molecule has 0 saturated carbocycles. The molecule has 1 unspecified atom stereocenters. The molecule has 2 heterocycles. The summed E-state index contributed by atoms with van der Waals surface area (Å²) in [6, 6.07) is 0. The highest BCUT2D eigenvalue weighted by Gasteiger charge is 2.16. The van der Waals surface area contributed by atoms with Gasteiger partial charge in [0.1, 0.15) is 12.4 Å². The maximum absolute atomic E-state index is 9.16. The molecule has 0 aliphatic carbocycles. The van der Waals surface area contributed by atoms with Crippen LogP contribution in [-0.2, 0) is 19.5 Å². The van der Waals surface area contributed by atoms with Crippen molar-refractivity contribution in [3.63, 3.8) is 0 Å². The van der Waals surface area contributed by atoms with Gasteiger partial charge in [-0.2, -0.15) is 0 Å². The van der Waals surface area contributed by atoms with E-state index in [0.29, 0.717) is 12.5 Å². The molecule has 2 rings (SSSR count). The van der Waals surface area contributed by atoms with Crippen molar-refractivity contribution in [2.24, 2.45) is 10.9 Å². The zero-order valence-electron chi connectivity index (χ0n) is 14.4. The van der Waals surface area contributed by atoms with Crippen LogP contribution in [0.2, 0.25) is 0 Å². The van der Waals surface area contributed by atoms with E-state index in [4.69, 9.17) is 5.11 Å². The van der Waals surface area contributed by atoms with Gasteiger partial charge in [0.2, 0.25) is 0 Å². The lowest BCUT2D eigenvalue weighted by Crippen LogP contribution is -2.40. The highest BCUT2D eigenvalue weighted by molar-refractivity contribution is 5.79. The van der Waals surface area contributed by atoms with E-state index in [9.17, 15) is 0 Å². The van der Waals surface area contributed by atoms with Gasteiger partial charge in [0.05, 0.1) is 0 Å². The van der Waals surface area contributed by atoms with Gasteiger partial charge in [0.15, 0.2) is 11.8 Å². The van der Waals surface area contributed by atoms with E-state index in [1.165, 1.54) is 0 Å². The molecule has 7 heteroatoms. The number of fused-ring (bicyclic) bond motifs is 1. The van der Waals surface area contributed by atoms with Crippen LogP contribution in [0.15, 0.2) is 4.99 Å². The molecular formula is C16H30N6O. The fourth-order valence-corrected chi connectivity index (χ4v) is 3.00. The van der Waals surface area contributed by atoms with Crippen molar-refractivity contribution in [3.05, 3.63) is 11.6 Å². The molecule has 0 spiro atoms. The van der Waals surface area contributed by atoms with Crippen molar-refractivity contribution in [2.45, 2.75) is 59.0 Å². The number of hydrogen-bond donors (Lipinski definition) is 3. The van der Waals surface area contributed by atoms with Crippen LogP contribution in [0.3, 0.4) is 0 Å². The number of aliphatic hydroxyl groups excluding tert-OH is 1. The Hall–Kier alpha value is -1.63. The fraction of sp³-hybridized carbons (Fsp3) is 0.812. The van der Waals surface area contributed by atoms with E-state index in [-0.39, 0.29) is 6.61 Å². The van der Waals surface area contributed by atoms with E-state index in [2.05, 4.69) is 44.2 Å². The third-order valence-corrected chi connectivity index (χ3v) is 4.20. The third kappa shape index (κ3) is 5.20. The van der Waals surface area contributed by atoms with Crippen LogP contribution in [0.25, 0.3) is 0 Å². The van der Waals surface area contributed by atoms with Crippen molar-refractivity contribution >= 4 is 5.96 Å². The predicted molar refractivity (Wildman–Crippen MR) is 91.3 cm³/mol. The van der Waals surface area contributed by atoms with Gasteiger partial charge in [0.25, 0.3) is 0 Å². The molecule has 0 aromatic carbocycles. The molecule has 1 atom stereocenters. The zero-order valence-corrected chi connectivity index (χ0v) is 14.4. The summed E-state index contributed by atoms with van der Waals surface area (Å²) in [6.07, 6.45) is 5.25. The molecular weight excluding hydrogens is 292 g/mol. The van der Waals surface area contributed by atoms with E-state index < -0.39 is 0 Å². The summed E-state index contributed by atoms with van der Waals surface area (Å²) in [5.74, 6) is 3.31. The van der Waals surface area contributed by atoms with Crippen molar-refractivity contribution in [2.75, 3.05) is 19.7 Å². The summed E-state index contributed by atoms with van der Waals surface area (Å²) in [4.78, 5) is 4.63. The number of guanidine groups is 1. The number of hydrogen-bond acceptors (Lipinski definition) is 4. The Kier molecular flexibility index (Phi) is 7.32. The minimum absolute atomic E-state index is 0.242. The van der Waals surface area contributed by atoms with Gasteiger partial charge in [-0.1, -0.05) is 13.3 Å². The number of rotatable bonds is 9. The quantitative estimate of drug-likeness (QED) is 0.468. The predicted octanol–water partition coefficient (Wildman–Crippen LogP) is 1.08. The second-order valence-electron chi connectivity index (χ2n) is 6.03. The summed E-state index contributed by atoms with van der Waals surface area (Å²) in [7, 11) is 0. The monoisotopic (exact) mass is 322 g/mol. The fourth-order valence-electron chi connectivity index (χ4n) is 3.00. The largest absolute Gasteiger partial charge is 0.396 e. The number of aliphatic imine (C=N–C) groups is 1. The Morgan fingerprint density at radius 2 is 2.17 bits per heavy atom. The first-order valence-electron chi connectivity index (χ1n) is 8.82. The molecule has 0 fully saturated rings. The van der Waals surface area contributed by atoms with E-state index in [1.54, 1.807) is 0 Å². The Bertz CT molecular complexity index is 493. The third-order valence-electron chi connectivity index (χ3n) is 4.20. The van der Waals surface area contributed by atoms with Crippen LogP contribution in [0.5, 0.6) is 0 Å². The first-order chi connectivity index (χ1) is 11.3. The summed E-state index contributed by atoms with van der Waals surface area (Å²) >= 11 is 0. The number of nitrogens with zero attached hydrogens (tertiary/aromatic N) is 4. The first kappa shape index (κ1) is 17.7. The minimum atomic E-state index is 0.242. The number of aliphatic hydroxyl groups is 1. The number of aromatic nitrogens is 3. The molecule has 0 radical (unpaired) electrons. The van der Waals surface area contributed by atoms with Crippen LogP contribution in [-0.4, -0.2) is 45.5 Å². The van der Waals surface area contributed by atoms with Gasteiger partial charge >= 0.3 is 0 Å². The number of aryl methyl sites for hydroxylation is 1. The molecule has 0 bridgehead atoms. The van der Waals surface area contributed by atoms with Crippen LogP contribution < -0.4 is 10.6 Å². The highest BCUT2D eigenvalue weighted by Crippen LogP contribution is 2.14.